The molecule has 0 radical (unpaired) electrons. The molecule has 1 amide bonds. The fraction of sp³-hybridized carbons (Fsp3) is 0.900. The summed E-state index contributed by atoms with van der Waals surface area (Å²) in [5.41, 5.74) is 0. The van der Waals surface area contributed by atoms with Gasteiger partial charge in [0, 0.05) is 13.1 Å². The molecule has 0 aromatic heterocycles. The van der Waals surface area contributed by atoms with Crippen LogP contribution in [0.2, 0.25) is 0 Å². The first kappa shape index (κ1) is 10.5. The van der Waals surface area contributed by atoms with Gasteiger partial charge in [-0.2, -0.15) is 0 Å². The zero-order chi connectivity index (χ0) is 9.84. The summed E-state index contributed by atoms with van der Waals surface area (Å²) in [5, 5.41) is 9.14. The van der Waals surface area contributed by atoms with Crippen LogP contribution < -0.4 is 0 Å². The van der Waals surface area contributed by atoms with Gasteiger partial charge in [-0.25, -0.2) is 0 Å². The first-order valence-corrected chi connectivity index (χ1v) is 5.12. The quantitative estimate of drug-likeness (QED) is 0.697. The maximum absolute atomic E-state index is 11.4. The molecule has 1 rings (SSSR count). The van der Waals surface area contributed by atoms with Crippen LogP contribution in [-0.2, 0) is 4.79 Å². The third kappa shape index (κ3) is 2.69. The van der Waals surface area contributed by atoms with E-state index in [1.165, 1.54) is 13.3 Å². The second kappa shape index (κ2) is 4.61. The number of hydrogen-bond acceptors (Lipinski definition) is 2. The van der Waals surface area contributed by atoms with Gasteiger partial charge < -0.3 is 10.0 Å². The highest BCUT2D eigenvalue weighted by Gasteiger charge is 2.24. The topological polar surface area (TPSA) is 40.5 Å². The molecule has 1 fully saturated rings. The van der Waals surface area contributed by atoms with Crippen LogP contribution in [0.1, 0.15) is 33.1 Å². The number of rotatable bonds is 2. The Bertz CT molecular complexity index is 180. The Kier molecular flexibility index (Phi) is 3.72. The molecule has 0 spiro atoms. The lowest BCUT2D eigenvalue weighted by molar-refractivity contribution is -0.141. The molecule has 0 aliphatic carbocycles. The smallest absolute Gasteiger partial charge is 0.251 e. The highest BCUT2D eigenvalue weighted by atomic mass is 16.3. The van der Waals surface area contributed by atoms with Crippen LogP contribution in [0.25, 0.3) is 0 Å². The van der Waals surface area contributed by atoms with Gasteiger partial charge in [0.15, 0.2) is 0 Å². The number of amides is 1. The molecule has 1 saturated heterocycles. The van der Waals surface area contributed by atoms with Crippen molar-refractivity contribution in [1.82, 2.24) is 4.90 Å². The maximum Gasteiger partial charge on any atom is 0.251 e. The molecule has 0 aromatic rings. The third-order valence-corrected chi connectivity index (χ3v) is 2.77. The van der Waals surface area contributed by atoms with Gasteiger partial charge in [0.2, 0.25) is 0 Å². The molecular weight excluding hydrogens is 166 g/mol. The Labute approximate surface area is 79.7 Å². The Morgan fingerprint density at radius 1 is 1.69 bits per heavy atom. The van der Waals surface area contributed by atoms with E-state index in [1.807, 2.05) is 0 Å². The minimum atomic E-state index is -0.837. The molecule has 0 aromatic carbocycles. The fourth-order valence-corrected chi connectivity index (χ4v) is 1.86. The van der Waals surface area contributed by atoms with E-state index < -0.39 is 6.10 Å². The van der Waals surface area contributed by atoms with Gasteiger partial charge in [0.1, 0.15) is 6.10 Å². The van der Waals surface area contributed by atoms with Crippen LogP contribution in [0, 0.1) is 5.92 Å². The lowest BCUT2D eigenvalue weighted by atomic mass is 9.95. The molecule has 1 aliphatic heterocycles. The fourth-order valence-electron chi connectivity index (χ4n) is 1.86. The Hall–Kier alpha value is -0.570. The minimum absolute atomic E-state index is 0.113. The predicted octanol–water partition coefficient (Wildman–Crippen LogP) is 1.02. The number of aliphatic hydroxyl groups is 1. The number of aliphatic hydroxyl groups excluding tert-OH is 1. The van der Waals surface area contributed by atoms with E-state index in [9.17, 15) is 4.79 Å². The second-order valence-electron chi connectivity index (χ2n) is 3.88. The van der Waals surface area contributed by atoms with Crippen LogP contribution >= 0.6 is 0 Å². The normalized spacial score (nSPS) is 25.8. The van der Waals surface area contributed by atoms with Crippen LogP contribution in [0.15, 0.2) is 0 Å². The Balaban J connectivity index is 2.46. The Morgan fingerprint density at radius 2 is 2.38 bits per heavy atom. The van der Waals surface area contributed by atoms with Crippen LogP contribution in [0.3, 0.4) is 0 Å². The summed E-state index contributed by atoms with van der Waals surface area (Å²) in [5.74, 6) is 0.523. The van der Waals surface area contributed by atoms with Crippen molar-refractivity contribution >= 4 is 5.91 Å². The molecule has 1 aliphatic rings. The van der Waals surface area contributed by atoms with E-state index in [4.69, 9.17) is 5.11 Å². The second-order valence-corrected chi connectivity index (χ2v) is 3.88. The third-order valence-electron chi connectivity index (χ3n) is 2.77. The monoisotopic (exact) mass is 185 g/mol. The van der Waals surface area contributed by atoms with Crippen molar-refractivity contribution in [3.8, 4) is 0 Å². The molecule has 0 saturated carbocycles. The molecular formula is C10H19NO2. The zero-order valence-corrected chi connectivity index (χ0v) is 8.49. The average molecular weight is 185 g/mol. The Morgan fingerprint density at radius 3 is 2.92 bits per heavy atom. The number of carbonyl (C=O) groups excluding carboxylic acids is 1. The summed E-state index contributed by atoms with van der Waals surface area (Å²) in [6.45, 7) is 5.35. The summed E-state index contributed by atoms with van der Waals surface area (Å²) in [6.07, 6.45) is 2.59. The number of likely N-dealkylation sites (tertiary alicyclic amines) is 1. The SMILES string of the molecule is CCC1CCCN(C(=O)[C@H](C)O)C1. The molecule has 3 nitrogen and oxygen atoms in total. The number of hydrogen-bond donors (Lipinski definition) is 1. The van der Waals surface area contributed by atoms with Gasteiger partial charge in [-0.05, 0) is 25.7 Å². The lowest BCUT2D eigenvalue weighted by Crippen LogP contribution is -2.44. The van der Waals surface area contributed by atoms with E-state index in [-0.39, 0.29) is 5.91 Å². The van der Waals surface area contributed by atoms with Gasteiger partial charge in [-0.1, -0.05) is 13.3 Å². The van der Waals surface area contributed by atoms with Gasteiger partial charge in [-0.3, -0.25) is 4.79 Å². The van der Waals surface area contributed by atoms with Crippen molar-refractivity contribution in [3.05, 3.63) is 0 Å². The van der Waals surface area contributed by atoms with Crippen molar-refractivity contribution in [1.29, 1.82) is 0 Å². The molecule has 2 atom stereocenters. The average Bonchev–Trinajstić information content (AvgIpc) is 2.16. The van der Waals surface area contributed by atoms with Crippen molar-refractivity contribution in [2.45, 2.75) is 39.2 Å². The summed E-state index contributed by atoms with van der Waals surface area (Å²) >= 11 is 0. The zero-order valence-electron chi connectivity index (χ0n) is 8.49. The molecule has 0 bridgehead atoms. The molecule has 13 heavy (non-hydrogen) atoms. The summed E-state index contributed by atoms with van der Waals surface area (Å²) in [6, 6.07) is 0. The minimum Gasteiger partial charge on any atom is -0.384 e. The van der Waals surface area contributed by atoms with Gasteiger partial charge in [0.05, 0.1) is 0 Å². The first-order chi connectivity index (χ1) is 6.15. The highest BCUT2D eigenvalue weighted by molar-refractivity contribution is 5.80. The summed E-state index contributed by atoms with van der Waals surface area (Å²) < 4.78 is 0. The van der Waals surface area contributed by atoms with E-state index in [0.717, 1.165) is 25.9 Å². The van der Waals surface area contributed by atoms with Crippen LogP contribution in [-0.4, -0.2) is 35.1 Å². The summed E-state index contributed by atoms with van der Waals surface area (Å²) in [4.78, 5) is 13.2. The van der Waals surface area contributed by atoms with Gasteiger partial charge in [-0.15, -0.1) is 0 Å². The molecule has 3 heteroatoms. The number of carbonyl (C=O) groups is 1. The highest BCUT2D eigenvalue weighted by Crippen LogP contribution is 2.19. The van der Waals surface area contributed by atoms with Crippen molar-refractivity contribution in [2.75, 3.05) is 13.1 Å². The summed E-state index contributed by atoms with van der Waals surface area (Å²) in [7, 11) is 0. The first-order valence-electron chi connectivity index (χ1n) is 5.12. The van der Waals surface area contributed by atoms with Crippen molar-refractivity contribution < 1.29 is 9.90 Å². The van der Waals surface area contributed by atoms with E-state index in [1.54, 1.807) is 4.90 Å². The van der Waals surface area contributed by atoms with E-state index in [2.05, 4.69) is 6.92 Å². The molecule has 1 unspecified atom stereocenters. The van der Waals surface area contributed by atoms with Gasteiger partial charge >= 0.3 is 0 Å². The maximum atomic E-state index is 11.4. The largest absolute Gasteiger partial charge is 0.384 e. The van der Waals surface area contributed by atoms with Crippen LogP contribution in [0.4, 0.5) is 0 Å². The number of piperidine rings is 1. The molecule has 1 N–H and O–H groups in total. The van der Waals surface area contributed by atoms with Gasteiger partial charge in [0.25, 0.3) is 5.91 Å². The standard InChI is InChI=1S/C10H19NO2/c1-3-9-5-4-6-11(7-9)10(13)8(2)12/h8-9,12H,3-7H2,1-2H3/t8-,9?/m0/s1. The predicted molar refractivity (Wildman–Crippen MR) is 51.3 cm³/mol. The van der Waals surface area contributed by atoms with E-state index >= 15 is 0 Å². The lowest BCUT2D eigenvalue weighted by Gasteiger charge is -2.33. The molecule has 76 valence electrons. The number of nitrogens with zero attached hydrogens (tertiary/aromatic N) is 1. The van der Waals surface area contributed by atoms with E-state index in [0.29, 0.717) is 5.92 Å². The van der Waals surface area contributed by atoms with Crippen molar-refractivity contribution in [2.24, 2.45) is 5.92 Å². The van der Waals surface area contributed by atoms with Crippen molar-refractivity contribution in [3.63, 3.8) is 0 Å². The van der Waals surface area contributed by atoms with Crippen LogP contribution in [0.5, 0.6) is 0 Å². The molecule has 1 heterocycles.